The number of rotatable bonds is 3. The molecule has 0 saturated carbocycles. The van der Waals surface area contributed by atoms with E-state index >= 15 is 0 Å². The highest BCUT2D eigenvalue weighted by Gasteiger charge is 2.38. The van der Waals surface area contributed by atoms with Gasteiger partial charge >= 0.3 is 0 Å². The molecule has 1 heterocycles. The van der Waals surface area contributed by atoms with Crippen LogP contribution in [0.1, 0.15) is 19.8 Å². The summed E-state index contributed by atoms with van der Waals surface area (Å²) in [7, 11) is 0. The number of hydrogen-bond donors (Lipinski definition) is 2. The molecule has 1 unspecified atom stereocenters. The third-order valence-corrected chi connectivity index (χ3v) is 3.89. The van der Waals surface area contributed by atoms with Crippen LogP contribution in [-0.2, 0) is 4.79 Å². The minimum atomic E-state index is -0.597. The fourth-order valence-corrected chi connectivity index (χ4v) is 3.41. The Hall–Kier alpha value is -0.390. The zero-order valence-corrected chi connectivity index (χ0v) is 12.7. The molecule has 1 saturated heterocycles. The highest BCUT2D eigenvalue weighted by Crippen LogP contribution is 2.28. The van der Waals surface area contributed by atoms with Gasteiger partial charge in [-0.2, -0.15) is 0 Å². The van der Waals surface area contributed by atoms with E-state index in [1.165, 1.54) is 0 Å². The van der Waals surface area contributed by atoms with Crippen molar-refractivity contribution in [1.29, 1.82) is 0 Å². The van der Waals surface area contributed by atoms with Crippen LogP contribution < -0.4 is 10.6 Å². The molecule has 1 aromatic carbocycles. The van der Waals surface area contributed by atoms with Gasteiger partial charge < -0.3 is 5.32 Å². The molecular weight excluding hydrogens is 348 g/mol. The molecule has 1 fully saturated rings. The Morgan fingerprint density at radius 1 is 1.35 bits per heavy atom. The van der Waals surface area contributed by atoms with Crippen LogP contribution in [0.3, 0.4) is 0 Å². The van der Waals surface area contributed by atoms with Crippen LogP contribution in [0.2, 0.25) is 0 Å². The number of halogens is 2. The summed E-state index contributed by atoms with van der Waals surface area (Å²) >= 11 is 6.88. The summed E-state index contributed by atoms with van der Waals surface area (Å²) in [6.07, 6.45) is 1.84. The summed E-state index contributed by atoms with van der Waals surface area (Å²) in [5, 5.41) is 6.58. The predicted octanol–water partition coefficient (Wildman–Crippen LogP) is 3.29. The lowest BCUT2D eigenvalue weighted by Crippen LogP contribution is -2.53. The molecule has 0 amide bonds. The van der Waals surface area contributed by atoms with E-state index in [1.807, 2.05) is 18.2 Å². The average molecular weight is 362 g/mol. The van der Waals surface area contributed by atoms with Crippen LogP contribution in [-0.4, -0.2) is 18.0 Å². The Kier molecular flexibility index (Phi) is 3.90. The Balaban J connectivity index is 2.26. The smallest absolute Gasteiger partial charge is 0.169 e. The molecule has 0 spiro atoms. The van der Waals surface area contributed by atoms with E-state index in [0.29, 0.717) is 0 Å². The summed E-state index contributed by atoms with van der Waals surface area (Å²) in [6, 6.07) is 5.90. The van der Waals surface area contributed by atoms with Crippen LogP contribution in [0.25, 0.3) is 0 Å². The number of Topliss-reactive ketones (excluding diaryl/α,β-unsaturated/α-hetero) is 1. The number of carbonyl (C=O) groups excluding carboxylic acids is 1. The van der Waals surface area contributed by atoms with Crippen molar-refractivity contribution in [1.82, 2.24) is 5.32 Å². The zero-order chi connectivity index (χ0) is 12.5. The molecule has 5 heteroatoms. The molecule has 17 heavy (non-hydrogen) atoms. The number of anilines is 1. The van der Waals surface area contributed by atoms with Gasteiger partial charge in [0.25, 0.3) is 0 Å². The minimum absolute atomic E-state index is 0.131. The highest BCUT2D eigenvalue weighted by atomic mass is 79.9. The van der Waals surface area contributed by atoms with Crippen molar-refractivity contribution in [3.05, 3.63) is 27.1 Å². The molecule has 1 aliphatic heterocycles. The van der Waals surface area contributed by atoms with Gasteiger partial charge in [0.05, 0.1) is 0 Å². The number of ketones is 1. The van der Waals surface area contributed by atoms with E-state index < -0.39 is 5.66 Å². The van der Waals surface area contributed by atoms with Gasteiger partial charge in [-0.1, -0.05) is 31.9 Å². The second-order valence-electron chi connectivity index (χ2n) is 4.27. The second-order valence-corrected chi connectivity index (χ2v) is 6.11. The Morgan fingerprint density at radius 3 is 2.47 bits per heavy atom. The second kappa shape index (κ2) is 5.08. The predicted molar refractivity (Wildman–Crippen MR) is 76.1 cm³/mol. The summed E-state index contributed by atoms with van der Waals surface area (Å²) in [6.45, 7) is 2.50. The SMILES string of the molecule is CC(=O)C1(Nc2cc(Br)cc(Br)c2)CCCN1. The molecular formula is C12H14Br2N2O. The monoisotopic (exact) mass is 360 g/mol. The van der Waals surface area contributed by atoms with Crippen molar-refractivity contribution in [2.75, 3.05) is 11.9 Å². The number of carbonyl (C=O) groups is 1. The van der Waals surface area contributed by atoms with Crippen molar-refractivity contribution in [2.45, 2.75) is 25.4 Å². The van der Waals surface area contributed by atoms with E-state index in [0.717, 1.165) is 34.0 Å². The number of nitrogens with one attached hydrogen (secondary N) is 2. The van der Waals surface area contributed by atoms with Gasteiger partial charge in [0.1, 0.15) is 5.66 Å². The molecule has 2 rings (SSSR count). The fourth-order valence-electron chi connectivity index (χ4n) is 2.11. The van der Waals surface area contributed by atoms with E-state index in [4.69, 9.17) is 0 Å². The molecule has 0 radical (unpaired) electrons. The Bertz CT molecular complexity index is 422. The Labute approximate surface area is 118 Å². The zero-order valence-electron chi connectivity index (χ0n) is 9.52. The van der Waals surface area contributed by atoms with Crippen LogP contribution in [0.15, 0.2) is 27.1 Å². The van der Waals surface area contributed by atoms with Crippen molar-refractivity contribution < 1.29 is 4.79 Å². The van der Waals surface area contributed by atoms with E-state index in [1.54, 1.807) is 6.92 Å². The molecule has 0 aliphatic carbocycles. The van der Waals surface area contributed by atoms with Gasteiger partial charge in [-0.05, 0) is 44.5 Å². The molecule has 2 N–H and O–H groups in total. The molecule has 1 aromatic rings. The van der Waals surface area contributed by atoms with E-state index in [9.17, 15) is 4.79 Å². The van der Waals surface area contributed by atoms with Gasteiger partial charge in [-0.15, -0.1) is 0 Å². The van der Waals surface area contributed by atoms with Crippen LogP contribution in [0, 0.1) is 0 Å². The maximum absolute atomic E-state index is 11.8. The summed E-state index contributed by atoms with van der Waals surface area (Å²) in [4.78, 5) is 11.8. The fraction of sp³-hybridized carbons (Fsp3) is 0.417. The van der Waals surface area contributed by atoms with Crippen LogP contribution in [0.5, 0.6) is 0 Å². The van der Waals surface area contributed by atoms with Gasteiger partial charge in [-0.3, -0.25) is 10.1 Å². The summed E-state index contributed by atoms with van der Waals surface area (Å²) in [5.74, 6) is 0.131. The minimum Gasteiger partial charge on any atom is -0.361 e. The Morgan fingerprint density at radius 2 is 2.00 bits per heavy atom. The first-order chi connectivity index (χ1) is 8.02. The summed E-state index contributed by atoms with van der Waals surface area (Å²) in [5.41, 5.74) is 0.330. The molecule has 0 aromatic heterocycles. The molecule has 3 nitrogen and oxygen atoms in total. The van der Waals surface area contributed by atoms with Crippen molar-refractivity contribution in [2.24, 2.45) is 0 Å². The molecule has 1 atom stereocenters. The molecule has 92 valence electrons. The standard InChI is InChI=1S/C12H14Br2N2O/c1-8(17)12(3-2-4-15-12)16-11-6-9(13)5-10(14)7-11/h5-7,15-16H,2-4H2,1H3. The number of benzene rings is 1. The van der Waals surface area contributed by atoms with Crippen LogP contribution in [0.4, 0.5) is 5.69 Å². The maximum Gasteiger partial charge on any atom is 0.169 e. The third kappa shape index (κ3) is 2.89. The van der Waals surface area contributed by atoms with Gasteiger partial charge in [0.2, 0.25) is 0 Å². The largest absolute Gasteiger partial charge is 0.361 e. The van der Waals surface area contributed by atoms with Crippen molar-refractivity contribution in [3.63, 3.8) is 0 Å². The highest BCUT2D eigenvalue weighted by molar-refractivity contribution is 9.11. The van der Waals surface area contributed by atoms with E-state index in [2.05, 4.69) is 42.5 Å². The topological polar surface area (TPSA) is 41.1 Å². The maximum atomic E-state index is 11.8. The van der Waals surface area contributed by atoms with Crippen molar-refractivity contribution in [3.8, 4) is 0 Å². The first kappa shape index (κ1) is 13.1. The first-order valence-corrected chi connectivity index (χ1v) is 7.11. The van der Waals surface area contributed by atoms with Crippen LogP contribution >= 0.6 is 31.9 Å². The first-order valence-electron chi connectivity index (χ1n) is 5.52. The summed E-state index contributed by atoms with van der Waals surface area (Å²) < 4.78 is 1.96. The van der Waals surface area contributed by atoms with Gasteiger partial charge in [0.15, 0.2) is 5.78 Å². The normalized spacial score (nSPS) is 23.7. The lowest BCUT2D eigenvalue weighted by molar-refractivity contribution is -0.121. The lowest BCUT2D eigenvalue weighted by atomic mass is 10.0. The van der Waals surface area contributed by atoms with E-state index in [-0.39, 0.29) is 5.78 Å². The lowest BCUT2D eigenvalue weighted by Gasteiger charge is -2.29. The van der Waals surface area contributed by atoms with Gasteiger partial charge in [-0.25, -0.2) is 0 Å². The quantitative estimate of drug-likeness (QED) is 0.867. The average Bonchev–Trinajstić information content (AvgIpc) is 2.65. The molecule has 0 bridgehead atoms. The number of hydrogen-bond acceptors (Lipinski definition) is 3. The molecule has 1 aliphatic rings. The van der Waals surface area contributed by atoms with Gasteiger partial charge in [0, 0.05) is 14.6 Å². The third-order valence-electron chi connectivity index (χ3n) is 2.98. The van der Waals surface area contributed by atoms with Crippen molar-refractivity contribution >= 4 is 43.3 Å².